The number of amides is 2. The van der Waals surface area contributed by atoms with E-state index in [0.29, 0.717) is 34.6 Å². The van der Waals surface area contributed by atoms with Crippen LogP contribution in [0.25, 0.3) is 22.3 Å². The number of aromatic amines is 1. The molecule has 9 atom stereocenters. The summed E-state index contributed by atoms with van der Waals surface area (Å²) in [5.41, 5.74) is 1.70. The van der Waals surface area contributed by atoms with E-state index in [0.717, 1.165) is 16.7 Å². The summed E-state index contributed by atoms with van der Waals surface area (Å²) in [6.45, 7) is 17.9. The van der Waals surface area contributed by atoms with Gasteiger partial charge in [0.25, 0.3) is 11.5 Å². The third-order valence-electron chi connectivity index (χ3n) is 16.4. The maximum absolute atomic E-state index is 13.6. The minimum absolute atomic E-state index is 0.00119. The van der Waals surface area contributed by atoms with E-state index in [1.807, 2.05) is 98.8 Å². The van der Waals surface area contributed by atoms with Crippen LogP contribution in [0.1, 0.15) is 101 Å². The molecule has 2 amide bonds. The summed E-state index contributed by atoms with van der Waals surface area (Å²) in [5.74, 6) is -0.226. The van der Waals surface area contributed by atoms with Crippen LogP contribution in [0.5, 0.6) is 11.5 Å². The number of H-pyrrole nitrogens is 1. The molecular formula is C63H74N11O12PSi. The molecule has 2 saturated heterocycles. The largest absolute Gasteiger partial charge is 0.497 e. The number of anilines is 2. The molecule has 6 heterocycles. The number of aromatic nitrogens is 8. The smallest absolute Gasteiger partial charge is 0.333 e. The first-order valence-corrected chi connectivity index (χ1v) is 33.2. The van der Waals surface area contributed by atoms with Gasteiger partial charge in [-0.3, -0.25) is 33.8 Å². The topological polar surface area (TPSA) is 272 Å². The molecular weight excluding hydrogens is 1160 g/mol. The van der Waals surface area contributed by atoms with Crippen LogP contribution in [-0.4, -0.2) is 117 Å². The van der Waals surface area contributed by atoms with E-state index in [4.69, 9.17) is 56.6 Å². The van der Waals surface area contributed by atoms with E-state index in [9.17, 15) is 19.6 Å². The lowest BCUT2D eigenvalue weighted by Crippen LogP contribution is -2.49. The number of ether oxygens (including phenoxy) is 5. The number of hydrogen-bond acceptors (Lipinski definition) is 18. The van der Waals surface area contributed by atoms with Gasteiger partial charge in [-0.15, -0.1) is 0 Å². The summed E-state index contributed by atoms with van der Waals surface area (Å²) in [4.78, 5) is 65.8. The molecule has 3 N–H and O–H groups in total. The molecule has 8 aromatic rings. The van der Waals surface area contributed by atoms with Gasteiger partial charge < -0.3 is 47.0 Å². The number of rotatable bonds is 24. The lowest BCUT2D eigenvalue weighted by atomic mass is 9.79. The molecule has 0 bridgehead atoms. The fraction of sp³-hybridized carbons (Fsp3) is 0.413. The average Bonchev–Trinajstić information content (AvgIpc) is 1.53. The molecule has 2 aliphatic rings. The summed E-state index contributed by atoms with van der Waals surface area (Å²) >= 11 is 0. The normalized spacial score (nSPS) is 20.9. The molecule has 2 aliphatic heterocycles. The highest BCUT2D eigenvalue weighted by Gasteiger charge is 2.54. The van der Waals surface area contributed by atoms with Crippen molar-refractivity contribution in [2.45, 2.75) is 128 Å². The van der Waals surface area contributed by atoms with Crippen molar-refractivity contribution in [3.05, 3.63) is 161 Å². The molecule has 88 heavy (non-hydrogen) atoms. The highest BCUT2D eigenvalue weighted by Crippen LogP contribution is 2.53. The zero-order valence-electron chi connectivity index (χ0n) is 51.1. The Bertz CT molecular complexity index is 3760. The van der Waals surface area contributed by atoms with Gasteiger partial charge in [-0.05, 0) is 77.6 Å². The van der Waals surface area contributed by atoms with Gasteiger partial charge in [-0.2, -0.15) is 10.2 Å². The maximum Gasteiger partial charge on any atom is 0.333 e. The SMILES string of the molecule is CCC1O[C@@H](n2cnc3c(=O)[nH]c(NC(=O)C(C)C)nc32)[C@@H](OP(OCCC#N)OC[C@H]2OC(n3cnc4c(NC(=O)c5ccccc5)ncnc43)[C@@H](C)[C@H]2OC(c2ccccc2)(c2ccc(OC)cc2)c2ccc(OC)cc2)[C@H]1O[Si](C)(C)C(C)(C)C. The minimum Gasteiger partial charge on any atom is -0.497 e. The number of fused-ring (bicyclic) bond motifs is 2. The second-order valence-electron chi connectivity index (χ2n) is 23.4. The van der Waals surface area contributed by atoms with Gasteiger partial charge in [0.05, 0.1) is 64.8 Å². The number of methoxy groups -OCH3 is 2. The van der Waals surface area contributed by atoms with Crippen molar-refractivity contribution in [2.24, 2.45) is 11.8 Å². The van der Waals surface area contributed by atoms with Crippen LogP contribution >= 0.6 is 8.60 Å². The summed E-state index contributed by atoms with van der Waals surface area (Å²) in [5, 5.41) is 15.3. The van der Waals surface area contributed by atoms with E-state index in [1.165, 1.54) is 12.7 Å². The van der Waals surface area contributed by atoms with Crippen molar-refractivity contribution >= 4 is 62.8 Å². The van der Waals surface area contributed by atoms with Gasteiger partial charge in [0, 0.05) is 17.4 Å². The van der Waals surface area contributed by atoms with Crippen molar-refractivity contribution in [3.8, 4) is 17.6 Å². The second kappa shape index (κ2) is 26.9. The average molecular weight is 1240 g/mol. The standard InChI is InChI=1S/C63H74N11O12PSi/c1-12-46-51(86-88(10,11)62(5,6)7)52(60(82-46)74-37-68-49-55(74)70-61(72-58(49)77)71-56(75)38(2)3)85-87(80-33-19-32-64)81-34-47-50(39(4)59(83-47)73-36-67-48-53(65-35-66-54(48)73)69-57(76)40-20-15-13-16-21-40)84-63(41-22-17-14-18-23-41,42-24-28-44(78-8)29-25-42)43-26-30-45(79-9)31-27-43/h13-18,20-31,35-39,46-47,50-52,59-60H,12,19,33-34H2,1-11H3,(H,65,66,69,76)(H2,70,71,72,75,77)/t39-,46?,47+,50+,51-,52-,59?,60+,87?/m0/s1. The Kier molecular flexibility index (Phi) is 19.3. The van der Waals surface area contributed by atoms with Gasteiger partial charge in [0.2, 0.25) is 11.9 Å². The van der Waals surface area contributed by atoms with E-state index in [-0.39, 0.29) is 59.4 Å². The Morgan fingerprint density at radius 2 is 1.36 bits per heavy atom. The Morgan fingerprint density at radius 1 is 0.761 bits per heavy atom. The zero-order chi connectivity index (χ0) is 62.5. The fourth-order valence-corrected chi connectivity index (χ4v) is 13.1. The fourth-order valence-electron chi connectivity index (χ4n) is 10.6. The number of nitrogens with zero attached hydrogens (tertiary/aromatic N) is 8. The highest BCUT2D eigenvalue weighted by atomic mass is 31.2. The van der Waals surface area contributed by atoms with Crippen LogP contribution in [0.3, 0.4) is 0 Å². The lowest BCUT2D eigenvalue weighted by Gasteiger charge is -2.41. The molecule has 23 nitrogen and oxygen atoms in total. The van der Waals surface area contributed by atoms with Crippen LogP contribution in [0, 0.1) is 23.2 Å². The van der Waals surface area contributed by atoms with Gasteiger partial charge in [-0.1, -0.05) is 121 Å². The van der Waals surface area contributed by atoms with E-state index in [1.54, 1.807) is 67.8 Å². The predicted molar refractivity (Wildman–Crippen MR) is 332 cm³/mol. The Labute approximate surface area is 512 Å². The molecule has 25 heteroatoms. The van der Waals surface area contributed by atoms with Crippen LogP contribution in [0.15, 0.2) is 133 Å². The molecule has 462 valence electrons. The van der Waals surface area contributed by atoms with Crippen LogP contribution in [-0.2, 0) is 42.6 Å². The molecule has 0 saturated carbocycles. The molecule has 0 radical (unpaired) electrons. The lowest BCUT2D eigenvalue weighted by molar-refractivity contribution is -0.118. The number of benzene rings is 4. The summed E-state index contributed by atoms with van der Waals surface area (Å²) in [6.07, 6.45) is -1.01. The number of hydrogen-bond donors (Lipinski definition) is 3. The van der Waals surface area contributed by atoms with Crippen molar-refractivity contribution < 1.29 is 51.3 Å². The van der Waals surface area contributed by atoms with Crippen LogP contribution in [0.4, 0.5) is 11.8 Å². The maximum atomic E-state index is 13.6. The molecule has 4 aromatic heterocycles. The highest BCUT2D eigenvalue weighted by molar-refractivity contribution is 7.41. The minimum atomic E-state index is -2.63. The Hall–Kier alpha value is -7.82. The second-order valence-corrected chi connectivity index (χ2v) is 29.3. The Morgan fingerprint density at radius 3 is 1.97 bits per heavy atom. The van der Waals surface area contributed by atoms with E-state index >= 15 is 0 Å². The Balaban J connectivity index is 1.07. The summed E-state index contributed by atoms with van der Waals surface area (Å²) in [6, 6.07) is 36.4. The first-order valence-electron chi connectivity index (χ1n) is 29.2. The van der Waals surface area contributed by atoms with Gasteiger partial charge >= 0.3 is 8.60 Å². The molecule has 3 unspecified atom stereocenters. The van der Waals surface area contributed by atoms with Crippen molar-refractivity contribution in [3.63, 3.8) is 0 Å². The van der Waals surface area contributed by atoms with Crippen LogP contribution < -0.4 is 25.7 Å². The number of nitrogens with one attached hydrogen (secondary N) is 3. The number of carbonyl (C=O) groups excluding carboxylic acids is 2. The third kappa shape index (κ3) is 13.0. The summed E-state index contributed by atoms with van der Waals surface area (Å²) in [7, 11) is -1.84. The predicted octanol–water partition coefficient (Wildman–Crippen LogP) is 11.0. The van der Waals surface area contributed by atoms with Gasteiger partial charge in [-0.25, -0.2) is 19.9 Å². The van der Waals surface area contributed by atoms with E-state index < -0.39 is 82.9 Å². The van der Waals surface area contributed by atoms with E-state index in [2.05, 4.69) is 65.5 Å². The zero-order valence-corrected chi connectivity index (χ0v) is 53.0. The third-order valence-corrected chi connectivity index (χ3v) is 22.0. The van der Waals surface area contributed by atoms with Crippen LogP contribution in [0.2, 0.25) is 18.1 Å². The number of carbonyl (C=O) groups is 2. The monoisotopic (exact) mass is 1240 g/mol. The molecule has 10 rings (SSSR count). The number of imidazole rings is 2. The quantitative estimate of drug-likeness (QED) is 0.0219. The number of nitriles is 1. The van der Waals surface area contributed by atoms with Crippen molar-refractivity contribution in [1.82, 2.24) is 39.0 Å². The summed E-state index contributed by atoms with van der Waals surface area (Å²) < 4.78 is 64.8. The molecule has 0 aliphatic carbocycles. The van der Waals surface area contributed by atoms with Crippen molar-refractivity contribution in [2.75, 3.05) is 38.1 Å². The molecule has 2 fully saturated rings. The molecule has 0 spiro atoms. The molecule has 4 aromatic carbocycles. The first-order chi connectivity index (χ1) is 42.3. The van der Waals surface area contributed by atoms with Gasteiger partial charge in [0.1, 0.15) is 48.0 Å². The van der Waals surface area contributed by atoms with Gasteiger partial charge in [0.15, 0.2) is 42.7 Å². The van der Waals surface area contributed by atoms with Crippen molar-refractivity contribution in [1.29, 1.82) is 5.26 Å². The first kappa shape index (κ1) is 63.2.